The zero-order valence-corrected chi connectivity index (χ0v) is 10.1. The molecule has 1 heterocycles. The van der Waals surface area contributed by atoms with Crippen molar-refractivity contribution in [2.45, 2.75) is 39.5 Å². The van der Waals surface area contributed by atoms with Crippen LogP contribution >= 0.6 is 0 Å². The summed E-state index contributed by atoms with van der Waals surface area (Å²) < 4.78 is 0. The van der Waals surface area contributed by atoms with Gasteiger partial charge in [0.15, 0.2) is 0 Å². The minimum absolute atomic E-state index is 0.599. The highest BCUT2D eigenvalue weighted by atomic mass is 14.8. The Morgan fingerprint density at radius 1 is 1.33 bits per heavy atom. The minimum atomic E-state index is 0.599. The van der Waals surface area contributed by atoms with Gasteiger partial charge in [-0.1, -0.05) is 19.9 Å². The van der Waals surface area contributed by atoms with E-state index >= 15 is 0 Å². The molecule has 1 aromatic heterocycles. The first-order valence-corrected chi connectivity index (χ1v) is 5.87. The molecule has 0 bridgehead atoms. The Kier molecular flexibility index (Phi) is 5.33. The highest BCUT2D eigenvalue weighted by molar-refractivity contribution is 5.16. The minimum Gasteiger partial charge on any atom is -0.317 e. The third-order valence-corrected chi connectivity index (χ3v) is 2.68. The van der Waals surface area contributed by atoms with Gasteiger partial charge in [0, 0.05) is 11.9 Å². The molecule has 15 heavy (non-hydrogen) atoms. The molecular weight excluding hydrogens is 184 g/mol. The van der Waals surface area contributed by atoms with Crippen LogP contribution in [0.3, 0.4) is 0 Å². The van der Waals surface area contributed by atoms with Gasteiger partial charge in [-0.15, -0.1) is 0 Å². The van der Waals surface area contributed by atoms with E-state index in [2.05, 4.69) is 36.3 Å². The van der Waals surface area contributed by atoms with Gasteiger partial charge in [0.05, 0.1) is 0 Å². The summed E-state index contributed by atoms with van der Waals surface area (Å²) in [5.74, 6) is 0.599. The number of aryl methyl sites for hydroxylation is 1. The average molecular weight is 206 g/mol. The summed E-state index contributed by atoms with van der Waals surface area (Å²) in [6, 6.07) is 4.28. The molecule has 1 atom stereocenters. The van der Waals surface area contributed by atoms with Crippen molar-refractivity contribution in [3.05, 3.63) is 29.6 Å². The van der Waals surface area contributed by atoms with Gasteiger partial charge in [-0.05, 0) is 50.4 Å². The summed E-state index contributed by atoms with van der Waals surface area (Å²) in [6.07, 6.45) is 4.39. The highest BCUT2D eigenvalue weighted by Crippen LogP contribution is 2.17. The summed E-state index contributed by atoms with van der Waals surface area (Å²) in [7, 11) is 0. The number of hydrogen-bond acceptors (Lipinski definition) is 2. The number of rotatable bonds is 6. The summed E-state index contributed by atoms with van der Waals surface area (Å²) in [5, 5.41) is 3.43. The Labute approximate surface area is 93.1 Å². The van der Waals surface area contributed by atoms with Crippen LogP contribution in [0, 0.1) is 6.92 Å². The zero-order valence-electron chi connectivity index (χ0n) is 10.1. The van der Waals surface area contributed by atoms with Crippen LogP contribution in [0.25, 0.3) is 0 Å². The van der Waals surface area contributed by atoms with Crippen LogP contribution in [0.4, 0.5) is 0 Å². The Bertz CT molecular complexity index is 266. The monoisotopic (exact) mass is 206 g/mol. The lowest BCUT2D eigenvalue weighted by molar-refractivity contribution is 0.589. The van der Waals surface area contributed by atoms with Gasteiger partial charge in [-0.25, -0.2) is 0 Å². The second-order valence-electron chi connectivity index (χ2n) is 4.17. The van der Waals surface area contributed by atoms with Crippen LogP contribution in [0.5, 0.6) is 0 Å². The molecule has 2 heteroatoms. The molecule has 1 N–H and O–H groups in total. The predicted molar refractivity (Wildman–Crippen MR) is 65.2 cm³/mol. The smallest absolute Gasteiger partial charge is 0.0372 e. The first-order chi connectivity index (χ1) is 7.24. The summed E-state index contributed by atoms with van der Waals surface area (Å²) in [5.41, 5.74) is 2.44. The van der Waals surface area contributed by atoms with E-state index in [1.54, 1.807) is 0 Å². The fourth-order valence-electron chi connectivity index (χ4n) is 1.56. The van der Waals surface area contributed by atoms with E-state index in [0.29, 0.717) is 5.92 Å². The van der Waals surface area contributed by atoms with Crippen molar-refractivity contribution >= 4 is 0 Å². The quantitative estimate of drug-likeness (QED) is 0.724. The summed E-state index contributed by atoms with van der Waals surface area (Å²) >= 11 is 0. The van der Waals surface area contributed by atoms with E-state index in [1.165, 1.54) is 18.4 Å². The number of nitrogens with zero attached hydrogens (tertiary/aromatic N) is 1. The molecule has 0 aromatic carbocycles. The molecule has 2 nitrogen and oxygen atoms in total. The van der Waals surface area contributed by atoms with Gasteiger partial charge in [-0.2, -0.15) is 0 Å². The van der Waals surface area contributed by atoms with Crippen molar-refractivity contribution < 1.29 is 0 Å². The van der Waals surface area contributed by atoms with E-state index in [-0.39, 0.29) is 0 Å². The van der Waals surface area contributed by atoms with Crippen molar-refractivity contribution in [3.63, 3.8) is 0 Å². The number of nitrogens with one attached hydrogen (secondary N) is 1. The van der Waals surface area contributed by atoms with Gasteiger partial charge in [0.1, 0.15) is 0 Å². The Morgan fingerprint density at radius 2 is 2.13 bits per heavy atom. The van der Waals surface area contributed by atoms with Gasteiger partial charge in [0.25, 0.3) is 0 Å². The Balaban J connectivity index is 2.33. The molecular formula is C13H22N2. The lowest BCUT2D eigenvalue weighted by Gasteiger charge is -2.11. The average Bonchev–Trinajstić information content (AvgIpc) is 2.25. The molecule has 0 saturated carbocycles. The standard InChI is InChI=1S/C13H22N2/c1-4-8-14-9-7-11(2)13-6-5-12(3)15-10-13/h5-6,10-11,14H,4,7-9H2,1-3H3. The lowest BCUT2D eigenvalue weighted by atomic mass is 9.99. The second-order valence-corrected chi connectivity index (χ2v) is 4.17. The van der Waals surface area contributed by atoms with Crippen molar-refractivity contribution in [1.29, 1.82) is 0 Å². The van der Waals surface area contributed by atoms with E-state index in [9.17, 15) is 0 Å². The number of hydrogen-bond donors (Lipinski definition) is 1. The SMILES string of the molecule is CCCNCCC(C)c1ccc(C)nc1. The van der Waals surface area contributed by atoms with Gasteiger partial charge >= 0.3 is 0 Å². The van der Waals surface area contributed by atoms with Crippen LogP contribution in [0.1, 0.15) is 43.9 Å². The fourth-order valence-corrected chi connectivity index (χ4v) is 1.56. The topological polar surface area (TPSA) is 24.9 Å². The molecule has 1 unspecified atom stereocenters. The van der Waals surface area contributed by atoms with E-state index in [4.69, 9.17) is 0 Å². The van der Waals surface area contributed by atoms with E-state index < -0.39 is 0 Å². The molecule has 0 aliphatic rings. The summed E-state index contributed by atoms with van der Waals surface area (Å²) in [6.45, 7) is 8.71. The van der Waals surface area contributed by atoms with Crippen LogP contribution in [0.15, 0.2) is 18.3 Å². The Morgan fingerprint density at radius 3 is 2.73 bits per heavy atom. The third kappa shape index (κ3) is 4.43. The molecule has 0 spiro atoms. The maximum absolute atomic E-state index is 4.32. The highest BCUT2D eigenvalue weighted by Gasteiger charge is 2.04. The van der Waals surface area contributed by atoms with Gasteiger partial charge in [0.2, 0.25) is 0 Å². The van der Waals surface area contributed by atoms with Crippen molar-refractivity contribution in [3.8, 4) is 0 Å². The van der Waals surface area contributed by atoms with Crippen LogP contribution in [-0.2, 0) is 0 Å². The lowest BCUT2D eigenvalue weighted by Crippen LogP contribution is -2.17. The zero-order chi connectivity index (χ0) is 11.1. The van der Waals surface area contributed by atoms with Crippen LogP contribution in [-0.4, -0.2) is 18.1 Å². The van der Waals surface area contributed by atoms with Crippen molar-refractivity contribution in [1.82, 2.24) is 10.3 Å². The van der Waals surface area contributed by atoms with Crippen LogP contribution in [0.2, 0.25) is 0 Å². The first-order valence-electron chi connectivity index (χ1n) is 5.87. The number of pyridine rings is 1. The van der Waals surface area contributed by atoms with Gasteiger partial charge in [-0.3, -0.25) is 4.98 Å². The maximum Gasteiger partial charge on any atom is 0.0372 e. The van der Waals surface area contributed by atoms with Gasteiger partial charge < -0.3 is 5.32 Å². The predicted octanol–water partition coefficient (Wildman–Crippen LogP) is 2.88. The molecule has 0 radical (unpaired) electrons. The molecule has 0 amide bonds. The second kappa shape index (κ2) is 6.57. The van der Waals surface area contributed by atoms with Crippen molar-refractivity contribution in [2.24, 2.45) is 0 Å². The Hall–Kier alpha value is -0.890. The number of aromatic nitrogens is 1. The summed E-state index contributed by atoms with van der Waals surface area (Å²) in [4.78, 5) is 4.32. The molecule has 0 aliphatic carbocycles. The maximum atomic E-state index is 4.32. The fraction of sp³-hybridized carbons (Fsp3) is 0.615. The molecule has 1 aromatic rings. The molecule has 0 fully saturated rings. The van der Waals surface area contributed by atoms with Crippen molar-refractivity contribution in [2.75, 3.05) is 13.1 Å². The molecule has 84 valence electrons. The molecule has 0 aliphatic heterocycles. The third-order valence-electron chi connectivity index (χ3n) is 2.68. The normalized spacial score (nSPS) is 12.7. The van der Waals surface area contributed by atoms with E-state index in [1.807, 2.05) is 13.1 Å². The van der Waals surface area contributed by atoms with Crippen LogP contribution < -0.4 is 5.32 Å². The first kappa shape index (κ1) is 12.2. The largest absolute Gasteiger partial charge is 0.317 e. The van der Waals surface area contributed by atoms with E-state index in [0.717, 1.165) is 18.8 Å². The molecule has 0 saturated heterocycles. The molecule has 1 rings (SSSR count).